The van der Waals surface area contributed by atoms with Crippen molar-refractivity contribution in [1.29, 1.82) is 0 Å². The first-order chi connectivity index (χ1) is 6.88. The molecule has 5 heteroatoms. The van der Waals surface area contributed by atoms with Crippen LogP contribution in [0, 0.1) is 0 Å². The van der Waals surface area contributed by atoms with E-state index >= 15 is 0 Å². The minimum atomic E-state index is 0.179. The number of pyridine rings is 1. The van der Waals surface area contributed by atoms with Crippen molar-refractivity contribution < 1.29 is 9.15 Å². The summed E-state index contributed by atoms with van der Waals surface area (Å²) in [6, 6.07) is 3.53. The molecule has 2 rings (SSSR count). The fourth-order valence-corrected chi connectivity index (χ4v) is 0.937. The molecule has 2 heterocycles. The Bertz CT molecular complexity index is 399. The summed E-state index contributed by atoms with van der Waals surface area (Å²) in [6.45, 7) is 0.333. The highest BCUT2D eigenvalue weighted by molar-refractivity contribution is 5.19. The van der Waals surface area contributed by atoms with E-state index in [1.807, 2.05) is 0 Å². The van der Waals surface area contributed by atoms with Gasteiger partial charge in [0.05, 0.1) is 11.9 Å². The van der Waals surface area contributed by atoms with Crippen LogP contribution in [0.5, 0.6) is 11.8 Å². The summed E-state index contributed by atoms with van der Waals surface area (Å²) in [5, 5.41) is 0. The number of nitrogens with two attached hydrogens (primary N) is 1. The average Bonchev–Trinajstić information content (AvgIpc) is 2.67. The van der Waals surface area contributed by atoms with Gasteiger partial charge in [-0.3, -0.25) is 4.98 Å². The van der Waals surface area contributed by atoms with Crippen LogP contribution >= 0.6 is 0 Å². The Hall–Kier alpha value is -1.88. The third kappa shape index (κ3) is 1.89. The van der Waals surface area contributed by atoms with Gasteiger partial charge in [-0.1, -0.05) is 0 Å². The highest BCUT2D eigenvalue weighted by Gasteiger charge is 2.04. The number of ether oxygens (including phenoxy) is 1. The van der Waals surface area contributed by atoms with Gasteiger partial charge in [-0.05, 0) is 12.1 Å². The van der Waals surface area contributed by atoms with Crippen molar-refractivity contribution in [2.75, 3.05) is 0 Å². The topological polar surface area (TPSA) is 74.2 Å². The van der Waals surface area contributed by atoms with E-state index in [2.05, 4.69) is 9.97 Å². The lowest BCUT2D eigenvalue weighted by Crippen LogP contribution is -1.95. The van der Waals surface area contributed by atoms with Gasteiger partial charge in [0, 0.05) is 12.7 Å². The van der Waals surface area contributed by atoms with Crippen molar-refractivity contribution in [3.63, 3.8) is 0 Å². The van der Waals surface area contributed by atoms with E-state index in [0.717, 1.165) is 0 Å². The molecule has 0 atom stereocenters. The molecular formula is C9H9N3O2. The molecule has 2 N–H and O–H groups in total. The van der Waals surface area contributed by atoms with Crippen LogP contribution in [0.25, 0.3) is 0 Å². The van der Waals surface area contributed by atoms with Crippen molar-refractivity contribution in [2.24, 2.45) is 5.73 Å². The van der Waals surface area contributed by atoms with Crippen LogP contribution in [0.15, 0.2) is 35.2 Å². The second-order valence-electron chi connectivity index (χ2n) is 2.60. The molecule has 0 bridgehead atoms. The van der Waals surface area contributed by atoms with Gasteiger partial charge in [-0.2, -0.15) is 4.98 Å². The van der Waals surface area contributed by atoms with E-state index in [-0.39, 0.29) is 6.08 Å². The molecule has 0 spiro atoms. The third-order valence-corrected chi connectivity index (χ3v) is 1.58. The molecule has 2 aromatic rings. The number of aromatic nitrogens is 2. The highest BCUT2D eigenvalue weighted by Crippen LogP contribution is 2.18. The third-order valence-electron chi connectivity index (χ3n) is 1.58. The van der Waals surface area contributed by atoms with Crippen LogP contribution in [0.3, 0.4) is 0 Å². The molecule has 0 aliphatic heterocycles. The van der Waals surface area contributed by atoms with Crippen LogP contribution < -0.4 is 10.5 Å². The molecule has 0 amide bonds. The van der Waals surface area contributed by atoms with Crippen molar-refractivity contribution in [3.8, 4) is 11.8 Å². The minimum Gasteiger partial charge on any atom is -0.417 e. The summed E-state index contributed by atoms with van der Waals surface area (Å²) in [6.07, 6.45) is 4.88. The Kier molecular flexibility index (Phi) is 2.42. The number of hydrogen-bond acceptors (Lipinski definition) is 5. The Morgan fingerprint density at radius 1 is 1.50 bits per heavy atom. The van der Waals surface area contributed by atoms with E-state index in [9.17, 15) is 0 Å². The van der Waals surface area contributed by atoms with Gasteiger partial charge in [-0.25, -0.2) is 0 Å². The molecular weight excluding hydrogens is 182 g/mol. The van der Waals surface area contributed by atoms with Gasteiger partial charge in [-0.15, -0.1) is 0 Å². The molecule has 0 aromatic carbocycles. The monoisotopic (exact) mass is 191 g/mol. The normalized spacial score (nSPS) is 10.1. The molecule has 0 aliphatic carbocycles. The van der Waals surface area contributed by atoms with E-state index in [1.54, 1.807) is 24.5 Å². The molecule has 5 nitrogen and oxygen atoms in total. The van der Waals surface area contributed by atoms with Crippen LogP contribution in [0.4, 0.5) is 0 Å². The Labute approximate surface area is 80.5 Å². The maximum absolute atomic E-state index is 5.37. The molecule has 0 aliphatic rings. The smallest absolute Gasteiger partial charge is 0.399 e. The number of hydrogen-bond donors (Lipinski definition) is 1. The summed E-state index contributed by atoms with van der Waals surface area (Å²) in [5.41, 5.74) is 6.02. The Morgan fingerprint density at radius 3 is 3.07 bits per heavy atom. The maximum atomic E-state index is 5.37. The molecule has 0 saturated carbocycles. The summed E-state index contributed by atoms with van der Waals surface area (Å²) in [4.78, 5) is 7.87. The standard InChI is InChI=1S/C9H9N3O2/c10-4-7-6-13-9(12-7)14-8-2-1-3-11-5-8/h1-3,5-6H,4,10H2. The molecule has 72 valence electrons. The average molecular weight is 191 g/mol. The van der Waals surface area contributed by atoms with Crippen LogP contribution in [-0.4, -0.2) is 9.97 Å². The van der Waals surface area contributed by atoms with Crippen molar-refractivity contribution >= 4 is 0 Å². The summed E-state index contributed by atoms with van der Waals surface area (Å²) >= 11 is 0. The van der Waals surface area contributed by atoms with Gasteiger partial charge in [0.15, 0.2) is 5.75 Å². The second-order valence-corrected chi connectivity index (χ2v) is 2.60. The second kappa shape index (κ2) is 3.89. The number of rotatable bonds is 3. The van der Waals surface area contributed by atoms with E-state index < -0.39 is 0 Å². The predicted molar refractivity (Wildman–Crippen MR) is 48.7 cm³/mol. The van der Waals surface area contributed by atoms with Crippen LogP contribution in [0.1, 0.15) is 5.69 Å². The van der Waals surface area contributed by atoms with E-state index in [1.165, 1.54) is 6.26 Å². The van der Waals surface area contributed by atoms with Crippen molar-refractivity contribution in [2.45, 2.75) is 6.54 Å². The predicted octanol–water partition coefficient (Wildman–Crippen LogP) is 1.32. The van der Waals surface area contributed by atoms with Gasteiger partial charge in [0.2, 0.25) is 0 Å². The fraction of sp³-hybridized carbons (Fsp3) is 0.111. The zero-order valence-corrected chi connectivity index (χ0v) is 7.38. The summed E-state index contributed by atoms with van der Waals surface area (Å²) in [5.74, 6) is 0.581. The quantitative estimate of drug-likeness (QED) is 0.791. The van der Waals surface area contributed by atoms with Crippen LogP contribution in [0.2, 0.25) is 0 Å². The van der Waals surface area contributed by atoms with Gasteiger partial charge < -0.3 is 14.9 Å². The molecule has 0 unspecified atom stereocenters. The molecule has 2 aromatic heterocycles. The molecule has 14 heavy (non-hydrogen) atoms. The lowest BCUT2D eigenvalue weighted by molar-refractivity contribution is 0.330. The fourth-order valence-electron chi connectivity index (χ4n) is 0.937. The lowest BCUT2D eigenvalue weighted by Gasteiger charge is -1.97. The molecule has 0 radical (unpaired) electrons. The minimum absolute atomic E-state index is 0.179. The van der Waals surface area contributed by atoms with Crippen molar-refractivity contribution in [1.82, 2.24) is 9.97 Å². The van der Waals surface area contributed by atoms with Gasteiger partial charge >= 0.3 is 6.08 Å². The van der Waals surface area contributed by atoms with Gasteiger partial charge in [0.1, 0.15) is 6.26 Å². The number of oxazole rings is 1. The zero-order valence-electron chi connectivity index (χ0n) is 7.38. The van der Waals surface area contributed by atoms with Crippen LogP contribution in [-0.2, 0) is 6.54 Å². The SMILES string of the molecule is NCc1coc(Oc2cccnc2)n1. The first-order valence-corrected chi connectivity index (χ1v) is 4.11. The van der Waals surface area contributed by atoms with Gasteiger partial charge in [0.25, 0.3) is 0 Å². The maximum Gasteiger partial charge on any atom is 0.399 e. The number of nitrogens with zero attached hydrogens (tertiary/aromatic N) is 2. The highest BCUT2D eigenvalue weighted by atomic mass is 16.6. The summed E-state index contributed by atoms with van der Waals surface area (Å²) in [7, 11) is 0. The van der Waals surface area contributed by atoms with Crippen molar-refractivity contribution in [3.05, 3.63) is 36.5 Å². The lowest BCUT2D eigenvalue weighted by atomic mass is 10.5. The zero-order chi connectivity index (χ0) is 9.80. The van der Waals surface area contributed by atoms with E-state index in [4.69, 9.17) is 14.9 Å². The first-order valence-electron chi connectivity index (χ1n) is 4.11. The Morgan fingerprint density at radius 2 is 2.43 bits per heavy atom. The largest absolute Gasteiger partial charge is 0.417 e. The summed E-state index contributed by atoms with van der Waals surface area (Å²) < 4.78 is 10.3. The molecule has 0 saturated heterocycles. The Balaban J connectivity index is 2.11. The van der Waals surface area contributed by atoms with E-state index in [0.29, 0.717) is 18.0 Å². The molecule has 0 fully saturated rings. The first kappa shape index (κ1) is 8.71.